The number of ether oxygens (including phenoxy) is 3. The van der Waals surface area contributed by atoms with Crippen molar-refractivity contribution in [3.63, 3.8) is 0 Å². The van der Waals surface area contributed by atoms with Gasteiger partial charge in [-0.15, -0.1) is 0 Å². The number of fused-ring (bicyclic) bond motifs is 3. The third kappa shape index (κ3) is 4.53. The molecule has 0 unspecified atom stereocenters. The molecule has 0 radical (unpaired) electrons. The third-order valence-electron chi connectivity index (χ3n) is 6.29. The molecule has 5 rings (SSSR count). The fourth-order valence-corrected chi connectivity index (χ4v) is 4.54. The van der Waals surface area contributed by atoms with E-state index in [1.807, 2.05) is 58.1 Å². The van der Waals surface area contributed by atoms with Gasteiger partial charge in [0.15, 0.2) is 11.5 Å². The van der Waals surface area contributed by atoms with Crippen molar-refractivity contribution in [3.05, 3.63) is 81.3 Å². The van der Waals surface area contributed by atoms with Crippen LogP contribution in [0.25, 0.3) is 28.0 Å². The minimum Gasteiger partial charge on any atom is -0.504 e. The van der Waals surface area contributed by atoms with E-state index in [0.717, 1.165) is 11.1 Å². The summed E-state index contributed by atoms with van der Waals surface area (Å²) in [6, 6.07) is 6.87. The van der Waals surface area contributed by atoms with Crippen molar-refractivity contribution in [3.8, 4) is 23.0 Å². The minimum atomic E-state index is -0.540. The van der Waals surface area contributed by atoms with E-state index in [0.29, 0.717) is 45.4 Å². The second-order valence-electron chi connectivity index (χ2n) is 9.88. The molecule has 0 aliphatic carbocycles. The SMILES string of the molecule is COc1c(O)cc2oc3cc4c(c(OCc5cccnc5)c3c(=O)c2c1CC=C(C)C)C=CC(C)(C)O4. The Morgan fingerprint density at radius 1 is 1.16 bits per heavy atom. The van der Waals surface area contributed by atoms with Gasteiger partial charge in [-0.2, -0.15) is 0 Å². The molecule has 37 heavy (non-hydrogen) atoms. The molecule has 2 aromatic carbocycles. The average Bonchev–Trinajstić information content (AvgIpc) is 2.84. The molecule has 7 nitrogen and oxygen atoms in total. The lowest BCUT2D eigenvalue weighted by Crippen LogP contribution is -2.27. The Bertz CT molecular complexity index is 1630. The fraction of sp³-hybridized carbons (Fsp3) is 0.267. The Balaban J connectivity index is 1.83. The van der Waals surface area contributed by atoms with E-state index < -0.39 is 5.60 Å². The number of allylic oxidation sites excluding steroid dienone is 2. The first-order valence-corrected chi connectivity index (χ1v) is 12.1. The van der Waals surface area contributed by atoms with Crippen LogP contribution in [0.4, 0.5) is 0 Å². The zero-order valence-electron chi connectivity index (χ0n) is 21.5. The van der Waals surface area contributed by atoms with Gasteiger partial charge in [-0.1, -0.05) is 17.7 Å². The lowest BCUT2D eigenvalue weighted by atomic mass is 9.97. The predicted molar refractivity (Wildman–Crippen MR) is 144 cm³/mol. The number of aromatic nitrogens is 1. The summed E-state index contributed by atoms with van der Waals surface area (Å²) < 4.78 is 24.3. The zero-order valence-corrected chi connectivity index (χ0v) is 21.5. The van der Waals surface area contributed by atoms with Crippen LogP contribution in [0.2, 0.25) is 0 Å². The highest BCUT2D eigenvalue weighted by Gasteiger charge is 2.29. The van der Waals surface area contributed by atoms with Crippen LogP contribution < -0.4 is 19.6 Å². The van der Waals surface area contributed by atoms with Crippen molar-refractivity contribution < 1.29 is 23.7 Å². The lowest BCUT2D eigenvalue weighted by molar-refractivity contribution is 0.158. The monoisotopic (exact) mass is 499 g/mol. The second-order valence-corrected chi connectivity index (χ2v) is 9.88. The van der Waals surface area contributed by atoms with Crippen LogP contribution in [0.15, 0.2) is 63.6 Å². The van der Waals surface area contributed by atoms with Gasteiger partial charge in [0.1, 0.15) is 40.3 Å². The number of rotatable bonds is 6. The molecular weight excluding hydrogens is 470 g/mol. The van der Waals surface area contributed by atoms with Crippen LogP contribution in [0.3, 0.4) is 0 Å². The van der Waals surface area contributed by atoms with Crippen molar-refractivity contribution in [1.82, 2.24) is 4.98 Å². The van der Waals surface area contributed by atoms with Gasteiger partial charge in [-0.3, -0.25) is 9.78 Å². The van der Waals surface area contributed by atoms with Crippen LogP contribution in [0.1, 0.15) is 44.4 Å². The molecule has 1 aliphatic heterocycles. The highest BCUT2D eigenvalue weighted by Crippen LogP contribution is 2.44. The fourth-order valence-electron chi connectivity index (χ4n) is 4.54. The molecule has 0 spiro atoms. The zero-order chi connectivity index (χ0) is 26.3. The van der Waals surface area contributed by atoms with E-state index in [1.165, 1.54) is 13.2 Å². The van der Waals surface area contributed by atoms with E-state index in [2.05, 4.69) is 4.98 Å². The van der Waals surface area contributed by atoms with Crippen LogP contribution in [0, 0.1) is 0 Å². The van der Waals surface area contributed by atoms with Gasteiger partial charge < -0.3 is 23.7 Å². The second kappa shape index (κ2) is 9.32. The van der Waals surface area contributed by atoms with Crippen molar-refractivity contribution in [2.45, 2.75) is 46.3 Å². The van der Waals surface area contributed by atoms with Gasteiger partial charge in [-0.05, 0) is 52.3 Å². The van der Waals surface area contributed by atoms with Gasteiger partial charge in [0, 0.05) is 35.7 Å². The maximum absolute atomic E-state index is 14.2. The summed E-state index contributed by atoms with van der Waals surface area (Å²) in [4.78, 5) is 18.4. The van der Waals surface area contributed by atoms with E-state index in [4.69, 9.17) is 18.6 Å². The Kier molecular flexibility index (Phi) is 6.15. The summed E-state index contributed by atoms with van der Waals surface area (Å²) in [5.41, 5.74) is 2.91. The molecule has 2 aromatic heterocycles. The molecule has 3 heterocycles. The number of methoxy groups -OCH3 is 1. The number of hydrogen-bond acceptors (Lipinski definition) is 7. The first-order chi connectivity index (χ1) is 17.7. The van der Waals surface area contributed by atoms with Crippen molar-refractivity contribution in [2.24, 2.45) is 0 Å². The number of aromatic hydroxyl groups is 1. The lowest BCUT2D eigenvalue weighted by Gasteiger charge is -2.29. The quantitative estimate of drug-likeness (QED) is 0.245. The molecule has 1 aliphatic rings. The highest BCUT2D eigenvalue weighted by atomic mass is 16.5. The predicted octanol–water partition coefficient (Wildman–Crippen LogP) is 6.33. The van der Waals surface area contributed by atoms with Crippen molar-refractivity contribution >= 4 is 28.0 Å². The standard InChI is InChI=1S/C30H29NO6/c1-17(2)8-9-20-25-23(13-21(32)28(20)34-5)36-24-14-22-19(10-11-30(3,4)37-22)29(26(24)27(25)33)35-16-18-7-6-12-31-15-18/h6-8,10-15,32H,9,16H2,1-5H3. The first kappa shape index (κ1) is 24.4. The Morgan fingerprint density at radius 3 is 2.65 bits per heavy atom. The molecule has 4 aromatic rings. The van der Waals surface area contributed by atoms with Gasteiger partial charge in [0.2, 0.25) is 5.43 Å². The van der Waals surface area contributed by atoms with E-state index in [1.54, 1.807) is 18.5 Å². The molecule has 0 saturated heterocycles. The van der Waals surface area contributed by atoms with Gasteiger partial charge >= 0.3 is 0 Å². The maximum atomic E-state index is 14.2. The molecule has 1 N–H and O–H groups in total. The molecule has 0 bridgehead atoms. The summed E-state index contributed by atoms with van der Waals surface area (Å²) >= 11 is 0. The van der Waals surface area contributed by atoms with Gasteiger partial charge in [0.05, 0.1) is 18.1 Å². The topological polar surface area (TPSA) is 91.0 Å². The van der Waals surface area contributed by atoms with Crippen LogP contribution >= 0.6 is 0 Å². The average molecular weight is 500 g/mol. The number of nitrogens with zero attached hydrogens (tertiary/aromatic N) is 1. The number of benzene rings is 2. The summed E-state index contributed by atoms with van der Waals surface area (Å²) in [7, 11) is 1.47. The van der Waals surface area contributed by atoms with Gasteiger partial charge in [-0.25, -0.2) is 0 Å². The highest BCUT2D eigenvalue weighted by molar-refractivity contribution is 5.99. The van der Waals surface area contributed by atoms with Gasteiger partial charge in [0.25, 0.3) is 0 Å². The largest absolute Gasteiger partial charge is 0.504 e. The minimum absolute atomic E-state index is 0.0963. The van der Waals surface area contributed by atoms with E-state index in [-0.39, 0.29) is 29.1 Å². The van der Waals surface area contributed by atoms with Crippen molar-refractivity contribution in [1.29, 1.82) is 0 Å². The van der Waals surface area contributed by atoms with E-state index in [9.17, 15) is 9.90 Å². The number of hydrogen-bond donors (Lipinski definition) is 1. The van der Waals surface area contributed by atoms with Crippen LogP contribution in [-0.4, -0.2) is 22.8 Å². The number of pyridine rings is 1. The maximum Gasteiger partial charge on any atom is 0.204 e. The smallest absolute Gasteiger partial charge is 0.204 e. The molecular formula is C30H29NO6. The first-order valence-electron chi connectivity index (χ1n) is 12.1. The van der Waals surface area contributed by atoms with Crippen LogP contribution in [0.5, 0.6) is 23.0 Å². The number of phenolic OH excluding ortho intramolecular Hbond substituents is 1. The molecule has 0 saturated carbocycles. The summed E-state index contributed by atoms with van der Waals surface area (Å²) in [6.07, 6.45) is 9.63. The summed E-state index contributed by atoms with van der Waals surface area (Å²) in [5.74, 6) is 1.07. The third-order valence-corrected chi connectivity index (χ3v) is 6.29. The molecule has 7 heteroatoms. The Hall–Kier alpha value is -4.26. The molecule has 0 atom stereocenters. The molecule has 190 valence electrons. The normalized spacial score (nSPS) is 13.8. The number of phenols is 1. The Labute approximate surface area is 214 Å². The summed E-state index contributed by atoms with van der Waals surface area (Å²) in [6.45, 7) is 8.05. The van der Waals surface area contributed by atoms with Crippen molar-refractivity contribution in [2.75, 3.05) is 7.11 Å². The van der Waals surface area contributed by atoms with Crippen LogP contribution in [-0.2, 0) is 13.0 Å². The molecule has 0 amide bonds. The Morgan fingerprint density at radius 2 is 1.95 bits per heavy atom. The molecule has 0 fully saturated rings. The van der Waals surface area contributed by atoms with E-state index >= 15 is 0 Å². The summed E-state index contributed by atoms with van der Waals surface area (Å²) in [5, 5.41) is 11.3.